The first-order valence-corrected chi connectivity index (χ1v) is 8.21. The summed E-state index contributed by atoms with van der Waals surface area (Å²) < 4.78 is 10.2. The van der Waals surface area contributed by atoms with Gasteiger partial charge in [-0.1, -0.05) is 11.6 Å². The van der Waals surface area contributed by atoms with Crippen molar-refractivity contribution in [2.75, 3.05) is 6.61 Å². The van der Waals surface area contributed by atoms with Crippen molar-refractivity contribution in [3.05, 3.63) is 64.8 Å². The molecular formula is C19H15ClN2O4. The van der Waals surface area contributed by atoms with Gasteiger partial charge in [-0.15, -0.1) is 0 Å². The van der Waals surface area contributed by atoms with E-state index in [1.165, 1.54) is 6.21 Å². The number of hydrogen-bond acceptors (Lipinski definition) is 6. The SMILES string of the molecule is CCOC(=O)c1ccc(N=Cc2nc(-c3ccc(Cl)cc3)oc2O)cc1. The van der Waals surface area contributed by atoms with Crippen LogP contribution in [0.4, 0.5) is 5.69 Å². The Kier molecular flexibility index (Phi) is 5.34. The molecule has 0 saturated carbocycles. The first kappa shape index (κ1) is 17.7. The van der Waals surface area contributed by atoms with Crippen LogP contribution in [-0.2, 0) is 4.74 Å². The number of hydrogen-bond donors (Lipinski definition) is 1. The Labute approximate surface area is 154 Å². The van der Waals surface area contributed by atoms with Crippen molar-refractivity contribution >= 4 is 29.5 Å². The lowest BCUT2D eigenvalue weighted by Gasteiger charge is -2.01. The molecule has 0 fully saturated rings. The fourth-order valence-electron chi connectivity index (χ4n) is 2.16. The molecule has 2 aromatic carbocycles. The predicted molar refractivity (Wildman–Crippen MR) is 98.3 cm³/mol. The largest absolute Gasteiger partial charge is 0.479 e. The molecule has 1 heterocycles. The molecule has 0 aliphatic heterocycles. The van der Waals surface area contributed by atoms with Gasteiger partial charge in [0.1, 0.15) is 0 Å². The van der Waals surface area contributed by atoms with Gasteiger partial charge in [0.15, 0.2) is 5.69 Å². The molecule has 1 aromatic heterocycles. The molecule has 0 amide bonds. The van der Waals surface area contributed by atoms with E-state index in [0.29, 0.717) is 28.4 Å². The summed E-state index contributed by atoms with van der Waals surface area (Å²) >= 11 is 5.85. The Morgan fingerprint density at radius 2 is 1.92 bits per heavy atom. The number of benzene rings is 2. The predicted octanol–water partition coefficient (Wildman–Crippen LogP) is 4.63. The van der Waals surface area contributed by atoms with Crippen LogP contribution in [0.3, 0.4) is 0 Å². The van der Waals surface area contributed by atoms with Crippen LogP contribution in [-0.4, -0.2) is 28.9 Å². The standard InChI is InChI=1S/C19H15ClN2O4/c1-2-25-18(23)13-5-9-15(10-6-13)21-11-16-19(24)26-17(22-16)12-3-7-14(20)8-4-12/h3-11,24H,2H2,1H3. The van der Waals surface area contributed by atoms with E-state index in [1.54, 1.807) is 55.5 Å². The Bertz CT molecular complexity index is 931. The third-order valence-electron chi connectivity index (χ3n) is 3.44. The summed E-state index contributed by atoms with van der Waals surface area (Å²) in [6, 6.07) is 13.5. The molecule has 0 spiro atoms. The average Bonchev–Trinajstić information content (AvgIpc) is 3.02. The molecule has 0 unspecified atom stereocenters. The van der Waals surface area contributed by atoms with Crippen LogP contribution in [0.5, 0.6) is 5.95 Å². The van der Waals surface area contributed by atoms with Gasteiger partial charge in [-0.2, -0.15) is 0 Å². The number of aromatic hydroxyl groups is 1. The fourth-order valence-corrected chi connectivity index (χ4v) is 2.28. The maximum Gasteiger partial charge on any atom is 0.338 e. The summed E-state index contributed by atoms with van der Waals surface area (Å²) in [6.07, 6.45) is 1.39. The summed E-state index contributed by atoms with van der Waals surface area (Å²) in [6.45, 7) is 2.07. The molecule has 0 aliphatic carbocycles. The lowest BCUT2D eigenvalue weighted by atomic mass is 10.2. The van der Waals surface area contributed by atoms with Gasteiger partial charge in [0.05, 0.1) is 24.1 Å². The second kappa shape index (κ2) is 7.84. The van der Waals surface area contributed by atoms with Crippen LogP contribution in [0.25, 0.3) is 11.5 Å². The summed E-state index contributed by atoms with van der Waals surface area (Å²) in [5.74, 6) is -0.454. The molecule has 1 N–H and O–H groups in total. The Balaban J connectivity index is 1.76. The minimum atomic E-state index is -0.384. The number of halogens is 1. The number of esters is 1. The Hall–Kier alpha value is -3.12. The number of nitrogens with zero attached hydrogens (tertiary/aromatic N) is 2. The average molecular weight is 371 g/mol. The first-order chi connectivity index (χ1) is 12.6. The van der Waals surface area contributed by atoms with Crippen molar-refractivity contribution in [3.63, 3.8) is 0 Å². The van der Waals surface area contributed by atoms with Gasteiger partial charge in [-0.05, 0) is 55.5 Å². The van der Waals surface area contributed by atoms with Crippen molar-refractivity contribution in [2.24, 2.45) is 4.99 Å². The molecule has 7 heteroatoms. The van der Waals surface area contributed by atoms with Gasteiger partial charge in [-0.3, -0.25) is 4.99 Å². The summed E-state index contributed by atoms with van der Waals surface area (Å²) in [7, 11) is 0. The van der Waals surface area contributed by atoms with Crippen molar-refractivity contribution in [2.45, 2.75) is 6.92 Å². The van der Waals surface area contributed by atoms with E-state index in [-0.39, 0.29) is 23.5 Å². The quantitative estimate of drug-likeness (QED) is 0.523. The van der Waals surface area contributed by atoms with Gasteiger partial charge in [-0.25, -0.2) is 9.78 Å². The maximum atomic E-state index is 11.6. The van der Waals surface area contributed by atoms with Crippen molar-refractivity contribution in [1.29, 1.82) is 0 Å². The number of carbonyl (C=O) groups excluding carboxylic acids is 1. The first-order valence-electron chi connectivity index (χ1n) is 7.84. The van der Waals surface area contributed by atoms with E-state index < -0.39 is 0 Å². The number of aromatic nitrogens is 1. The van der Waals surface area contributed by atoms with E-state index >= 15 is 0 Å². The number of rotatable bonds is 5. The van der Waals surface area contributed by atoms with Gasteiger partial charge in [0.2, 0.25) is 5.89 Å². The summed E-state index contributed by atoms with van der Waals surface area (Å²) in [5.41, 5.74) is 1.92. The van der Waals surface area contributed by atoms with Gasteiger partial charge in [0.25, 0.3) is 0 Å². The van der Waals surface area contributed by atoms with E-state index in [1.807, 2.05) is 0 Å². The minimum Gasteiger partial charge on any atom is -0.479 e. The molecule has 132 valence electrons. The monoisotopic (exact) mass is 370 g/mol. The molecule has 0 saturated heterocycles. The Morgan fingerprint density at radius 1 is 1.23 bits per heavy atom. The maximum absolute atomic E-state index is 11.6. The van der Waals surface area contributed by atoms with Crippen LogP contribution < -0.4 is 0 Å². The normalized spacial score (nSPS) is 11.0. The lowest BCUT2D eigenvalue weighted by Crippen LogP contribution is -2.03. The molecule has 3 rings (SSSR count). The van der Waals surface area contributed by atoms with E-state index in [4.69, 9.17) is 20.8 Å². The minimum absolute atomic E-state index is 0.199. The zero-order valence-corrected chi connectivity index (χ0v) is 14.6. The van der Waals surface area contributed by atoms with E-state index in [0.717, 1.165) is 0 Å². The van der Waals surface area contributed by atoms with Crippen molar-refractivity contribution in [1.82, 2.24) is 4.98 Å². The second-order valence-corrected chi connectivity index (χ2v) is 5.68. The highest BCUT2D eigenvalue weighted by molar-refractivity contribution is 6.30. The zero-order valence-electron chi connectivity index (χ0n) is 13.8. The molecule has 0 bridgehead atoms. The fraction of sp³-hybridized carbons (Fsp3) is 0.105. The number of oxazole rings is 1. The molecule has 26 heavy (non-hydrogen) atoms. The third kappa shape index (κ3) is 4.10. The second-order valence-electron chi connectivity index (χ2n) is 5.24. The van der Waals surface area contributed by atoms with E-state index in [2.05, 4.69) is 9.98 Å². The van der Waals surface area contributed by atoms with E-state index in [9.17, 15) is 9.90 Å². The third-order valence-corrected chi connectivity index (χ3v) is 3.69. The van der Waals surface area contributed by atoms with Crippen molar-refractivity contribution in [3.8, 4) is 17.4 Å². The van der Waals surface area contributed by atoms with Crippen LogP contribution in [0.15, 0.2) is 57.9 Å². The molecule has 0 atom stereocenters. The van der Waals surface area contributed by atoms with Crippen LogP contribution in [0, 0.1) is 0 Å². The molecule has 0 aliphatic rings. The van der Waals surface area contributed by atoms with Gasteiger partial charge >= 0.3 is 11.9 Å². The number of ether oxygens (including phenoxy) is 1. The van der Waals surface area contributed by atoms with Gasteiger partial charge in [0, 0.05) is 10.6 Å². The van der Waals surface area contributed by atoms with Crippen LogP contribution in [0.2, 0.25) is 5.02 Å². The lowest BCUT2D eigenvalue weighted by molar-refractivity contribution is 0.0526. The number of carbonyl (C=O) groups is 1. The van der Waals surface area contributed by atoms with Crippen LogP contribution in [0.1, 0.15) is 23.0 Å². The zero-order chi connectivity index (χ0) is 18.5. The molecule has 3 aromatic rings. The van der Waals surface area contributed by atoms with Crippen LogP contribution >= 0.6 is 11.6 Å². The highest BCUT2D eigenvalue weighted by Gasteiger charge is 2.12. The number of aliphatic imine (C=N–C) groups is 1. The topological polar surface area (TPSA) is 84.9 Å². The molecule has 6 nitrogen and oxygen atoms in total. The highest BCUT2D eigenvalue weighted by atomic mass is 35.5. The summed E-state index contributed by atoms with van der Waals surface area (Å²) in [5, 5.41) is 10.5. The molecule has 0 radical (unpaired) electrons. The molecular weight excluding hydrogens is 356 g/mol. The highest BCUT2D eigenvalue weighted by Crippen LogP contribution is 2.27. The van der Waals surface area contributed by atoms with Crippen molar-refractivity contribution < 1.29 is 19.1 Å². The Morgan fingerprint density at radius 3 is 2.58 bits per heavy atom. The summed E-state index contributed by atoms with van der Waals surface area (Å²) in [4.78, 5) is 20.0. The van der Waals surface area contributed by atoms with Gasteiger partial charge < -0.3 is 14.3 Å². The smallest absolute Gasteiger partial charge is 0.338 e.